The Labute approximate surface area is 183 Å². The quantitative estimate of drug-likeness (QED) is 0.445. The average Bonchev–Trinajstić information content (AvgIpc) is 2.79. The van der Waals surface area contributed by atoms with Crippen LogP contribution in [0.15, 0.2) is 48.5 Å². The van der Waals surface area contributed by atoms with Crippen LogP contribution >= 0.6 is 0 Å². The maximum absolute atomic E-state index is 12.0. The van der Waals surface area contributed by atoms with Gasteiger partial charge in [-0.1, -0.05) is 42.3 Å². The first-order valence-electron chi connectivity index (χ1n) is 10.9. The molecule has 2 unspecified atom stereocenters. The third-order valence-corrected chi connectivity index (χ3v) is 6.41. The number of esters is 1. The molecule has 5 nitrogen and oxygen atoms in total. The summed E-state index contributed by atoms with van der Waals surface area (Å²) in [5.41, 5.74) is 2.19. The van der Waals surface area contributed by atoms with Crippen molar-refractivity contribution in [3.8, 4) is 12.3 Å². The van der Waals surface area contributed by atoms with E-state index >= 15 is 0 Å². The first-order valence-corrected chi connectivity index (χ1v) is 10.9. The normalized spacial score (nSPS) is 27.2. The minimum Gasteiger partial charge on any atom is -0.463 e. The summed E-state index contributed by atoms with van der Waals surface area (Å²) in [6.07, 6.45) is 11.4. The number of ether oxygens (including phenoxy) is 1. The van der Waals surface area contributed by atoms with Crippen LogP contribution in [0.3, 0.4) is 0 Å². The Bertz CT molecular complexity index is 1000. The van der Waals surface area contributed by atoms with E-state index in [1.807, 2.05) is 42.5 Å². The van der Waals surface area contributed by atoms with Crippen LogP contribution < -0.4 is 0 Å². The molecule has 3 aliphatic rings. The molecule has 5 rings (SSSR count). The van der Waals surface area contributed by atoms with Crippen LogP contribution in [-0.2, 0) is 21.6 Å². The Hall–Kier alpha value is -2.94. The number of carbonyl (C=O) groups excluding carboxylic acids is 1. The van der Waals surface area contributed by atoms with E-state index in [0.29, 0.717) is 18.7 Å². The SMILES string of the molecule is C#CC1N2CCC(CC2)C1(O)c1ccc(C=CC(=O)OCC)nc1Cc1ccccc1. The number of piperidine rings is 3. The van der Waals surface area contributed by atoms with Gasteiger partial charge in [0, 0.05) is 18.1 Å². The minimum absolute atomic E-state index is 0.107. The van der Waals surface area contributed by atoms with Gasteiger partial charge in [0.05, 0.1) is 18.0 Å². The molecule has 160 valence electrons. The maximum atomic E-state index is 12.0. The fraction of sp³-hybridized carbons (Fsp3) is 0.385. The van der Waals surface area contributed by atoms with Crippen molar-refractivity contribution < 1.29 is 14.6 Å². The smallest absolute Gasteiger partial charge is 0.330 e. The first kappa shape index (κ1) is 21.3. The van der Waals surface area contributed by atoms with E-state index in [1.54, 1.807) is 13.0 Å². The van der Waals surface area contributed by atoms with E-state index in [-0.39, 0.29) is 12.0 Å². The molecular weight excluding hydrogens is 388 g/mol. The number of fused-ring (bicyclic) bond motifs is 3. The Kier molecular flexibility index (Phi) is 6.22. The van der Waals surface area contributed by atoms with Crippen molar-refractivity contribution in [2.24, 2.45) is 5.92 Å². The summed E-state index contributed by atoms with van der Waals surface area (Å²) < 4.78 is 4.97. The molecule has 2 atom stereocenters. The van der Waals surface area contributed by atoms with Gasteiger partial charge in [0.25, 0.3) is 0 Å². The summed E-state index contributed by atoms with van der Waals surface area (Å²) in [4.78, 5) is 18.8. The number of hydrogen-bond donors (Lipinski definition) is 1. The van der Waals surface area contributed by atoms with E-state index < -0.39 is 11.6 Å². The molecule has 4 heterocycles. The molecule has 0 spiro atoms. The molecule has 1 aromatic heterocycles. The number of carbonyl (C=O) groups is 1. The van der Waals surface area contributed by atoms with Gasteiger partial charge in [-0.05, 0) is 56.5 Å². The molecule has 5 heteroatoms. The van der Waals surface area contributed by atoms with Crippen LogP contribution in [0.4, 0.5) is 0 Å². The topological polar surface area (TPSA) is 62.7 Å². The Balaban J connectivity index is 1.76. The van der Waals surface area contributed by atoms with Crippen molar-refractivity contribution in [2.45, 2.75) is 37.8 Å². The van der Waals surface area contributed by atoms with Gasteiger partial charge in [-0.2, -0.15) is 0 Å². The van der Waals surface area contributed by atoms with Gasteiger partial charge in [0.15, 0.2) is 0 Å². The van der Waals surface area contributed by atoms with Gasteiger partial charge in [-0.25, -0.2) is 4.79 Å². The third kappa shape index (κ3) is 4.14. The Morgan fingerprint density at radius 3 is 2.71 bits per heavy atom. The molecule has 2 aromatic rings. The second-order valence-corrected chi connectivity index (χ2v) is 8.18. The van der Waals surface area contributed by atoms with E-state index in [1.165, 1.54) is 6.08 Å². The van der Waals surface area contributed by atoms with Gasteiger partial charge in [-0.3, -0.25) is 9.88 Å². The Morgan fingerprint density at radius 2 is 2.03 bits per heavy atom. The molecule has 2 bridgehead atoms. The van der Waals surface area contributed by atoms with E-state index in [2.05, 4.69) is 10.8 Å². The van der Waals surface area contributed by atoms with Gasteiger partial charge in [0.2, 0.25) is 0 Å². The van der Waals surface area contributed by atoms with Crippen LogP contribution in [0.25, 0.3) is 6.08 Å². The van der Waals surface area contributed by atoms with Crippen molar-refractivity contribution in [3.63, 3.8) is 0 Å². The number of pyridine rings is 1. The predicted molar refractivity (Wildman–Crippen MR) is 120 cm³/mol. The van der Waals surface area contributed by atoms with Gasteiger partial charge in [-0.15, -0.1) is 6.42 Å². The van der Waals surface area contributed by atoms with Crippen molar-refractivity contribution in [2.75, 3.05) is 19.7 Å². The highest BCUT2D eigenvalue weighted by Gasteiger charge is 2.54. The Morgan fingerprint density at radius 1 is 1.29 bits per heavy atom. The fourth-order valence-corrected chi connectivity index (χ4v) is 4.94. The summed E-state index contributed by atoms with van der Waals surface area (Å²) in [6, 6.07) is 13.5. The number of terminal acetylenes is 1. The predicted octanol–water partition coefficient (Wildman–Crippen LogP) is 3.16. The molecule has 0 radical (unpaired) electrons. The zero-order chi connectivity index (χ0) is 21.8. The largest absolute Gasteiger partial charge is 0.463 e. The van der Waals surface area contributed by atoms with Crippen LogP contribution in [-0.4, -0.2) is 46.7 Å². The fourth-order valence-electron chi connectivity index (χ4n) is 4.94. The van der Waals surface area contributed by atoms with Crippen molar-refractivity contribution in [3.05, 3.63) is 71.1 Å². The molecular formula is C26H28N2O3. The van der Waals surface area contributed by atoms with Crippen LogP contribution in [0.1, 0.15) is 42.3 Å². The summed E-state index contributed by atoms with van der Waals surface area (Å²) in [5, 5.41) is 12.0. The first-order chi connectivity index (χ1) is 15.1. The lowest BCUT2D eigenvalue weighted by molar-refractivity contribution is -0.143. The molecule has 3 saturated heterocycles. The zero-order valence-electron chi connectivity index (χ0n) is 17.8. The van der Waals surface area contributed by atoms with Crippen LogP contribution in [0.5, 0.6) is 0 Å². The molecule has 3 fully saturated rings. The molecule has 31 heavy (non-hydrogen) atoms. The minimum atomic E-state index is -1.13. The van der Waals surface area contributed by atoms with Crippen molar-refractivity contribution >= 4 is 12.0 Å². The highest BCUT2D eigenvalue weighted by Crippen LogP contribution is 2.47. The molecule has 0 saturated carbocycles. The number of benzene rings is 1. The summed E-state index contributed by atoms with van der Waals surface area (Å²) in [6.45, 7) is 3.94. The van der Waals surface area contributed by atoms with Gasteiger partial charge >= 0.3 is 5.97 Å². The summed E-state index contributed by atoms with van der Waals surface area (Å²) >= 11 is 0. The van der Waals surface area contributed by atoms with E-state index in [0.717, 1.165) is 42.8 Å². The molecule has 1 N–H and O–H groups in total. The molecule has 1 aromatic carbocycles. The lowest BCUT2D eigenvalue weighted by Crippen LogP contribution is -2.63. The van der Waals surface area contributed by atoms with Crippen LogP contribution in [0.2, 0.25) is 0 Å². The standard InChI is InChI=1S/C26H28N2O3/c1-3-24-26(30,20-14-16-28(24)17-15-20)22-12-10-21(11-13-25(29)31-4-2)27-23(22)18-19-8-6-5-7-9-19/h1,5-13,20,24,30H,4,14-18H2,2H3. The number of hydrogen-bond acceptors (Lipinski definition) is 5. The third-order valence-electron chi connectivity index (χ3n) is 6.41. The molecule has 0 aliphatic carbocycles. The van der Waals surface area contributed by atoms with Crippen molar-refractivity contribution in [1.82, 2.24) is 9.88 Å². The molecule has 0 amide bonds. The lowest BCUT2D eigenvalue weighted by atomic mass is 9.66. The van der Waals surface area contributed by atoms with E-state index in [4.69, 9.17) is 16.1 Å². The van der Waals surface area contributed by atoms with Gasteiger partial charge < -0.3 is 9.84 Å². The summed E-state index contributed by atoms with van der Waals surface area (Å²) in [7, 11) is 0. The van der Waals surface area contributed by atoms with E-state index in [9.17, 15) is 9.90 Å². The highest BCUT2D eigenvalue weighted by molar-refractivity contribution is 5.86. The number of aromatic nitrogens is 1. The summed E-state index contributed by atoms with van der Waals surface area (Å²) in [5.74, 6) is 2.56. The number of rotatable bonds is 6. The second-order valence-electron chi connectivity index (χ2n) is 8.18. The van der Waals surface area contributed by atoms with Gasteiger partial charge in [0.1, 0.15) is 11.6 Å². The number of nitrogens with zero attached hydrogens (tertiary/aromatic N) is 2. The van der Waals surface area contributed by atoms with Crippen molar-refractivity contribution in [1.29, 1.82) is 0 Å². The maximum Gasteiger partial charge on any atom is 0.330 e. The monoisotopic (exact) mass is 416 g/mol. The lowest BCUT2D eigenvalue weighted by Gasteiger charge is -2.54. The highest BCUT2D eigenvalue weighted by atomic mass is 16.5. The average molecular weight is 417 g/mol. The zero-order valence-corrected chi connectivity index (χ0v) is 17.8. The molecule has 3 aliphatic heterocycles. The van der Waals surface area contributed by atoms with Crippen LogP contribution in [0, 0.1) is 18.3 Å². The second kappa shape index (κ2) is 9.05. The number of aliphatic hydroxyl groups is 1.